The minimum Gasteiger partial charge on any atom is -0.310 e. The van der Waals surface area contributed by atoms with Crippen LogP contribution < -0.4 is 9.80 Å². The number of rotatable bonds is 8. The SMILES string of the molecule is Cc1ccc(C(C)(C)C)cc1N(c1ccc2cc3c(cc2c1)-c1cc2ccc(N(c4cc(C(C)(C)C)ccc4C)c4ccccc4-c4ccccc4)cc2cc1-3)c1ccccc1-c1ccccc1. The van der Waals surface area contributed by atoms with Gasteiger partial charge in [0.05, 0.1) is 11.4 Å². The molecule has 0 atom stereocenters. The quantitative estimate of drug-likeness (QED) is 0.150. The average Bonchev–Trinajstić information content (AvgIpc) is 3.34. The highest BCUT2D eigenvalue weighted by Gasteiger charge is 2.27. The van der Waals surface area contributed by atoms with Crippen molar-refractivity contribution in [3.05, 3.63) is 229 Å². The van der Waals surface area contributed by atoms with Crippen LogP contribution in [0.25, 0.3) is 66.1 Å². The van der Waals surface area contributed by atoms with Crippen LogP contribution in [-0.2, 0) is 10.8 Å². The van der Waals surface area contributed by atoms with Crippen molar-refractivity contribution in [3.8, 4) is 44.5 Å². The molecule has 0 fully saturated rings. The molecule has 11 rings (SSSR count). The van der Waals surface area contributed by atoms with E-state index in [4.69, 9.17) is 0 Å². The van der Waals surface area contributed by atoms with E-state index in [1.165, 1.54) is 99.7 Å². The highest BCUT2D eigenvalue weighted by molar-refractivity contribution is 6.13. The maximum atomic E-state index is 2.48. The lowest BCUT2D eigenvalue weighted by molar-refractivity contribution is 0.590. The second-order valence-corrected chi connectivity index (χ2v) is 20.8. The molecule has 2 nitrogen and oxygen atoms in total. The molecule has 0 aliphatic heterocycles. The number of aryl methyl sites for hydroxylation is 2. The van der Waals surface area contributed by atoms with Crippen LogP contribution in [0.15, 0.2) is 206 Å². The van der Waals surface area contributed by atoms with Crippen LogP contribution in [0.5, 0.6) is 0 Å². The molecule has 0 saturated carbocycles. The molecule has 68 heavy (non-hydrogen) atoms. The number of anilines is 6. The van der Waals surface area contributed by atoms with Crippen LogP contribution in [0.1, 0.15) is 63.8 Å². The molecule has 0 unspecified atom stereocenters. The fourth-order valence-electron chi connectivity index (χ4n) is 10.2. The summed E-state index contributed by atoms with van der Waals surface area (Å²) >= 11 is 0. The lowest BCUT2D eigenvalue weighted by atomic mass is 9.78. The molecule has 10 aromatic carbocycles. The topological polar surface area (TPSA) is 6.48 Å². The van der Waals surface area contributed by atoms with Gasteiger partial charge in [0.1, 0.15) is 0 Å². The smallest absolute Gasteiger partial charge is 0.0540 e. The summed E-state index contributed by atoms with van der Waals surface area (Å²) in [4.78, 5) is 4.96. The van der Waals surface area contributed by atoms with Crippen LogP contribution in [0.4, 0.5) is 34.1 Å². The molecule has 0 saturated heterocycles. The van der Waals surface area contributed by atoms with Crippen molar-refractivity contribution in [2.75, 3.05) is 9.80 Å². The molecule has 10 aromatic rings. The van der Waals surface area contributed by atoms with Crippen molar-refractivity contribution in [1.82, 2.24) is 0 Å². The van der Waals surface area contributed by atoms with Crippen LogP contribution >= 0.6 is 0 Å². The summed E-state index contributed by atoms with van der Waals surface area (Å²) in [5.74, 6) is 0. The van der Waals surface area contributed by atoms with Gasteiger partial charge in [-0.25, -0.2) is 0 Å². The number of hydrogen-bond acceptors (Lipinski definition) is 2. The van der Waals surface area contributed by atoms with E-state index >= 15 is 0 Å². The van der Waals surface area contributed by atoms with Crippen LogP contribution in [-0.4, -0.2) is 0 Å². The van der Waals surface area contributed by atoms with Crippen molar-refractivity contribution in [2.45, 2.75) is 66.2 Å². The molecule has 0 heterocycles. The van der Waals surface area contributed by atoms with E-state index in [1.807, 2.05) is 0 Å². The summed E-state index contributed by atoms with van der Waals surface area (Å²) in [5.41, 5.74) is 22.1. The van der Waals surface area contributed by atoms with Crippen molar-refractivity contribution >= 4 is 55.7 Å². The molecule has 0 radical (unpaired) electrons. The second-order valence-electron chi connectivity index (χ2n) is 20.8. The monoisotopic (exact) mass is 878 g/mol. The van der Waals surface area contributed by atoms with Gasteiger partial charge in [-0.3, -0.25) is 0 Å². The molecule has 332 valence electrons. The van der Waals surface area contributed by atoms with Gasteiger partial charge in [-0.05, 0) is 175 Å². The Bertz CT molecular complexity index is 3300. The summed E-state index contributed by atoms with van der Waals surface area (Å²) in [6.07, 6.45) is 0. The van der Waals surface area contributed by atoms with Gasteiger partial charge in [-0.15, -0.1) is 0 Å². The Morgan fingerprint density at radius 2 is 0.632 bits per heavy atom. The third kappa shape index (κ3) is 7.64. The minimum absolute atomic E-state index is 0.00214. The molecule has 0 spiro atoms. The van der Waals surface area contributed by atoms with Gasteiger partial charge < -0.3 is 9.80 Å². The molecular formula is C66H58N2. The molecule has 1 aliphatic rings. The first-order chi connectivity index (χ1) is 32.8. The van der Waals surface area contributed by atoms with Gasteiger partial charge >= 0.3 is 0 Å². The standard InChI is InChI=1S/C66H58N2/c1-43-27-31-51(65(3,4)5)41-63(43)67(61-25-17-15-23-55(61)45-19-11-9-12-20-45)53-33-29-47-37-57-59(39-49(47)35-53)58-38-48-30-34-54(36-50(48)40-60(57)58)68(64-42-52(66(6,7)8)32-28-44(64)2)62-26-18-16-24-56(62)46-21-13-10-14-22-46/h9-42H,1-8H3. The van der Waals surface area contributed by atoms with E-state index in [9.17, 15) is 0 Å². The number of hydrogen-bond donors (Lipinski definition) is 0. The van der Waals surface area contributed by atoms with E-state index in [0.29, 0.717) is 0 Å². The molecular weight excluding hydrogens is 821 g/mol. The molecule has 0 aromatic heterocycles. The summed E-state index contributed by atoms with van der Waals surface area (Å²) in [6.45, 7) is 18.3. The summed E-state index contributed by atoms with van der Waals surface area (Å²) in [7, 11) is 0. The zero-order chi connectivity index (χ0) is 46.9. The molecule has 0 bridgehead atoms. The van der Waals surface area contributed by atoms with Crippen LogP contribution in [0, 0.1) is 13.8 Å². The highest BCUT2D eigenvalue weighted by atomic mass is 15.2. The fraction of sp³-hybridized carbons (Fsp3) is 0.152. The first-order valence-electron chi connectivity index (χ1n) is 24.1. The molecule has 0 amide bonds. The Hall–Kier alpha value is -7.68. The first kappa shape index (κ1) is 42.9. The van der Waals surface area contributed by atoms with Gasteiger partial charge in [-0.2, -0.15) is 0 Å². The molecule has 1 aliphatic carbocycles. The van der Waals surface area contributed by atoms with Gasteiger partial charge in [-0.1, -0.05) is 175 Å². The predicted octanol–water partition coefficient (Wildman–Crippen LogP) is 19.1. The van der Waals surface area contributed by atoms with Crippen LogP contribution in [0.2, 0.25) is 0 Å². The van der Waals surface area contributed by atoms with E-state index in [-0.39, 0.29) is 10.8 Å². The largest absolute Gasteiger partial charge is 0.310 e. The summed E-state index contributed by atoms with van der Waals surface area (Å²) < 4.78 is 0. The Morgan fingerprint density at radius 3 is 1.01 bits per heavy atom. The third-order valence-corrected chi connectivity index (χ3v) is 14.1. The van der Waals surface area contributed by atoms with Crippen molar-refractivity contribution < 1.29 is 0 Å². The maximum Gasteiger partial charge on any atom is 0.0540 e. The zero-order valence-electron chi connectivity index (χ0n) is 40.5. The number of fused-ring (bicyclic) bond motifs is 6. The van der Waals surface area contributed by atoms with E-state index in [2.05, 4.69) is 271 Å². The number of para-hydroxylation sites is 2. The van der Waals surface area contributed by atoms with E-state index in [0.717, 1.165) is 22.7 Å². The normalized spacial score (nSPS) is 12.1. The van der Waals surface area contributed by atoms with Gasteiger partial charge in [0, 0.05) is 33.9 Å². The third-order valence-electron chi connectivity index (χ3n) is 14.1. The maximum absolute atomic E-state index is 2.48. The first-order valence-corrected chi connectivity index (χ1v) is 24.1. The summed E-state index contributed by atoms with van der Waals surface area (Å²) in [5, 5.41) is 4.94. The van der Waals surface area contributed by atoms with Gasteiger partial charge in [0.25, 0.3) is 0 Å². The number of nitrogens with zero attached hydrogens (tertiary/aromatic N) is 2. The van der Waals surface area contributed by atoms with Gasteiger partial charge in [0.2, 0.25) is 0 Å². The van der Waals surface area contributed by atoms with Crippen molar-refractivity contribution in [3.63, 3.8) is 0 Å². The van der Waals surface area contributed by atoms with Crippen molar-refractivity contribution in [2.24, 2.45) is 0 Å². The van der Waals surface area contributed by atoms with E-state index in [1.54, 1.807) is 0 Å². The van der Waals surface area contributed by atoms with Gasteiger partial charge in [0.15, 0.2) is 0 Å². The van der Waals surface area contributed by atoms with E-state index < -0.39 is 0 Å². The number of benzene rings is 10. The minimum atomic E-state index is 0.00214. The zero-order valence-corrected chi connectivity index (χ0v) is 40.5. The Kier molecular flexibility index (Phi) is 10.5. The molecule has 0 N–H and O–H groups in total. The Balaban J connectivity index is 1.02. The van der Waals surface area contributed by atoms with Crippen molar-refractivity contribution in [1.29, 1.82) is 0 Å². The lowest BCUT2D eigenvalue weighted by Crippen LogP contribution is -2.16. The Morgan fingerprint density at radius 1 is 0.279 bits per heavy atom. The van der Waals surface area contributed by atoms with Crippen LogP contribution in [0.3, 0.4) is 0 Å². The highest BCUT2D eigenvalue weighted by Crippen LogP contribution is 2.52. The molecule has 2 heteroatoms. The Labute approximate surface area is 402 Å². The lowest BCUT2D eigenvalue weighted by Gasteiger charge is -2.32. The average molecular weight is 879 g/mol. The fourth-order valence-corrected chi connectivity index (χ4v) is 10.2. The predicted molar refractivity (Wildman–Crippen MR) is 293 cm³/mol. The second kappa shape index (κ2) is 16.6. The summed E-state index contributed by atoms with van der Waals surface area (Å²) in [6, 6.07) is 76.9.